The number of sulfonamides is 1. The molecule has 5 nitrogen and oxygen atoms in total. The van der Waals surface area contributed by atoms with E-state index in [0.717, 1.165) is 12.0 Å². The van der Waals surface area contributed by atoms with E-state index in [4.69, 9.17) is 0 Å². The second-order valence-corrected chi connectivity index (χ2v) is 8.98. The van der Waals surface area contributed by atoms with Crippen LogP contribution in [0.15, 0.2) is 29.1 Å². The molecule has 1 aromatic carbocycles. The maximum absolute atomic E-state index is 14.3. The third-order valence-corrected chi connectivity index (χ3v) is 6.88. The Hall–Kier alpha value is -2.15. The Kier molecular flexibility index (Phi) is 4.92. The molecule has 0 atom stereocenters. The highest BCUT2D eigenvalue weighted by atomic mass is 32.2. The van der Waals surface area contributed by atoms with E-state index in [1.54, 1.807) is 39.1 Å². The Balaban J connectivity index is 2.05. The summed E-state index contributed by atoms with van der Waals surface area (Å²) < 4.78 is 43.4. The standard InChI is InChI=1S/C19H23FN2O3S/c1-12-7-8-14(16(20)9-12)11-18-17(10-13(2)19(23)22(18)3)21-26(24,25)15-5-4-6-15/h7-10,15,21H,4-6,11H2,1-3H3. The number of aromatic nitrogens is 1. The van der Waals surface area contributed by atoms with Crippen LogP contribution in [0.3, 0.4) is 0 Å². The first-order valence-corrected chi connectivity index (χ1v) is 10.2. The third kappa shape index (κ3) is 3.53. The predicted octanol–water partition coefficient (Wildman–Crippen LogP) is 3.03. The fourth-order valence-corrected chi connectivity index (χ4v) is 4.73. The average molecular weight is 378 g/mol. The van der Waals surface area contributed by atoms with Crippen LogP contribution >= 0.6 is 0 Å². The molecule has 26 heavy (non-hydrogen) atoms. The van der Waals surface area contributed by atoms with Gasteiger partial charge in [-0.2, -0.15) is 0 Å². The lowest BCUT2D eigenvalue weighted by atomic mass is 10.0. The summed E-state index contributed by atoms with van der Waals surface area (Å²) in [6.07, 6.45) is 2.31. The zero-order valence-corrected chi connectivity index (χ0v) is 16.0. The predicted molar refractivity (Wildman–Crippen MR) is 101 cm³/mol. The molecule has 1 fully saturated rings. The highest BCUT2D eigenvalue weighted by Crippen LogP contribution is 2.29. The number of hydrogen-bond acceptors (Lipinski definition) is 3. The number of anilines is 1. The van der Waals surface area contributed by atoms with Crippen molar-refractivity contribution in [3.05, 3.63) is 62.8 Å². The minimum Gasteiger partial charge on any atom is -0.313 e. The largest absolute Gasteiger partial charge is 0.313 e. The smallest absolute Gasteiger partial charge is 0.253 e. The SMILES string of the molecule is Cc1ccc(Cc2c(NS(=O)(=O)C3CCC3)cc(C)c(=O)n2C)c(F)c1. The molecule has 1 saturated carbocycles. The zero-order chi connectivity index (χ0) is 19.1. The van der Waals surface area contributed by atoms with Crippen LogP contribution in [0.25, 0.3) is 0 Å². The van der Waals surface area contributed by atoms with Gasteiger partial charge >= 0.3 is 0 Å². The van der Waals surface area contributed by atoms with Gasteiger partial charge in [0.25, 0.3) is 5.56 Å². The summed E-state index contributed by atoms with van der Waals surface area (Å²) in [4.78, 5) is 12.3. The molecule has 140 valence electrons. The molecular weight excluding hydrogens is 355 g/mol. The molecule has 1 heterocycles. The molecule has 0 bridgehead atoms. The molecular formula is C19H23FN2O3S. The molecule has 0 aliphatic heterocycles. The van der Waals surface area contributed by atoms with Crippen molar-refractivity contribution in [3.63, 3.8) is 0 Å². The van der Waals surface area contributed by atoms with E-state index in [9.17, 15) is 17.6 Å². The fraction of sp³-hybridized carbons (Fsp3) is 0.421. The van der Waals surface area contributed by atoms with Crippen molar-refractivity contribution in [1.82, 2.24) is 4.57 Å². The van der Waals surface area contributed by atoms with Crippen LogP contribution in [-0.2, 0) is 23.5 Å². The number of halogens is 1. The Morgan fingerprint density at radius 2 is 1.92 bits per heavy atom. The van der Waals surface area contributed by atoms with Gasteiger partial charge < -0.3 is 4.57 Å². The van der Waals surface area contributed by atoms with Crippen LogP contribution < -0.4 is 10.3 Å². The second-order valence-electron chi connectivity index (χ2n) is 7.02. The maximum atomic E-state index is 14.3. The van der Waals surface area contributed by atoms with Gasteiger partial charge in [0.05, 0.1) is 10.9 Å². The Labute approximate surface area is 152 Å². The van der Waals surface area contributed by atoms with Gasteiger partial charge in [0, 0.05) is 24.7 Å². The molecule has 1 aliphatic carbocycles. The first kappa shape index (κ1) is 18.6. The lowest BCUT2D eigenvalue weighted by Gasteiger charge is -2.27. The zero-order valence-electron chi connectivity index (χ0n) is 15.2. The molecule has 0 spiro atoms. The average Bonchev–Trinajstić information content (AvgIpc) is 2.48. The second kappa shape index (κ2) is 6.87. The van der Waals surface area contributed by atoms with Crippen molar-refractivity contribution >= 4 is 15.7 Å². The van der Waals surface area contributed by atoms with E-state index in [2.05, 4.69) is 4.72 Å². The highest BCUT2D eigenvalue weighted by Gasteiger charge is 2.32. The summed E-state index contributed by atoms with van der Waals surface area (Å²) in [7, 11) is -1.93. The first-order chi connectivity index (χ1) is 12.2. The summed E-state index contributed by atoms with van der Waals surface area (Å²) in [5.41, 5.74) is 2.22. The number of pyridine rings is 1. The number of aryl methyl sites for hydroxylation is 2. The van der Waals surface area contributed by atoms with Crippen molar-refractivity contribution in [2.24, 2.45) is 7.05 Å². The number of nitrogens with one attached hydrogen (secondary N) is 1. The molecule has 1 aromatic heterocycles. The lowest BCUT2D eigenvalue weighted by Crippen LogP contribution is -2.34. The maximum Gasteiger partial charge on any atom is 0.253 e. The lowest BCUT2D eigenvalue weighted by molar-refractivity contribution is 0.479. The normalized spacial score (nSPS) is 14.9. The number of hydrogen-bond donors (Lipinski definition) is 1. The fourth-order valence-electron chi connectivity index (χ4n) is 3.13. The Morgan fingerprint density at radius 1 is 1.23 bits per heavy atom. The van der Waals surface area contributed by atoms with Crippen LogP contribution in [0.5, 0.6) is 0 Å². The van der Waals surface area contributed by atoms with E-state index < -0.39 is 15.3 Å². The van der Waals surface area contributed by atoms with Gasteiger partial charge in [-0.1, -0.05) is 18.6 Å². The quantitative estimate of drug-likeness (QED) is 0.870. The van der Waals surface area contributed by atoms with Gasteiger partial charge in [0.2, 0.25) is 10.0 Å². The minimum atomic E-state index is -3.51. The molecule has 0 unspecified atom stereocenters. The minimum absolute atomic E-state index is 0.126. The summed E-state index contributed by atoms with van der Waals surface area (Å²) in [6, 6.07) is 6.43. The molecule has 7 heteroatoms. The summed E-state index contributed by atoms with van der Waals surface area (Å²) >= 11 is 0. The summed E-state index contributed by atoms with van der Waals surface area (Å²) in [5.74, 6) is -0.370. The van der Waals surface area contributed by atoms with Crippen LogP contribution in [-0.4, -0.2) is 18.2 Å². The van der Waals surface area contributed by atoms with Gasteiger partial charge in [0.1, 0.15) is 5.82 Å². The van der Waals surface area contributed by atoms with Crippen LogP contribution in [0.1, 0.15) is 41.6 Å². The molecule has 1 aliphatic rings. The molecule has 1 N–H and O–H groups in total. The van der Waals surface area contributed by atoms with E-state index in [-0.39, 0.29) is 17.8 Å². The van der Waals surface area contributed by atoms with Gasteiger partial charge in [0.15, 0.2) is 0 Å². The van der Waals surface area contributed by atoms with Gasteiger partial charge in [-0.05, 0) is 49.9 Å². The van der Waals surface area contributed by atoms with Gasteiger partial charge in [-0.3, -0.25) is 9.52 Å². The monoisotopic (exact) mass is 378 g/mol. The van der Waals surface area contributed by atoms with Crippen molar-refractivity contribution in [2.75, 3.05) is 4.72 Å². The van der Waals surface area contributed by atoms with Crippen molar-refractivity contribution < 1.29 is 12.8 Å². The van der Waals surface area contributed by atoms with E-state index in [1.807, 2.05) is 0 Å². The molecule has 3 rings (SSSR count). The topological polar surface area (TPSA) is 68.2 Å². The van der Waals surface area contributed by atoms with Crippen LogP contribution in [0.4, 0.5) is 10.1 Å². The van der Waals surface area contributed by atoms with Crippen molar-refractivity contribution in [1.29, 1.82) is 0 Å². The van der Waals surface area contributed by atoms with Gasteiger partial charge in [-0.15, -0.1) is 0 Å². The highest BCUT2D eigenvalue weighted by molar-refractivity contribution is 7.93. The van der Waals surface area contributed by atoms with Gasteiger partial charge in [-0.25, -0.2) is 12.8 Å². The molecule has 0 radical (unpaired) electrons. The van der Waals surface area contributed by atoms with Crippen molar-refractivity contribution in [2.45, 2.75) is 44.8 Å². The molecule has 0 amide bonds. The summed E-state index contributed by atoms with van der Waals surface area (Å²) in [5, 5.41) is -0.399. The van der Waals surface area contributed by atoms with E-state index in [0.29, 0.717) is 35.3 Å². The number of benzene rings is 1. The Bertz CT molecular complexity index is 1010. The third-order valence-electron chi connectivity index (χ3n) is 5.03. The van der Waals surface area contributed by atoms with Crippen LogP contribution in [0, 0.1) is 19.7 Å². The molecule has 2 aromatic rings. The van der Waals surface area contributed by atoms with Crippen LogP contribution in [0.2, 0.25) is 0 Å². The summed E-state index contributed by atoms with van der Waals surface area (Å²) in [6.45, 7) is 3.44. The number of rotatable bonds is 5. The van der Waals surface area contributed by atoms with E-state index in [1.165, 1.54) is 10.6 Å². The Morgan fingerprint density at radius 3 is 2.50 bits per heavy atom. The van der Waals surface area contributed by atoms with Crippen molar-refractivity contribution in [3.8, 4) is 0 Å². The first-order valence-electron chi connectivity index (χ1n) is 8.65. The number of nitrogens with zero attached hydrogens (tertiary/aromatic N) is 1. The molecule has 0 saturated heterocycles. The van der Waals surface area contributed by atoms with E-state index >= 15 is 0 Å².